The minimum absolute atomic E-state index is 0.0235. The molecule has 2 aliphatic carbocycles. The molecule has 0 radical (unpaired) electrons. The number of Topliss-reactive ketones (excluding diaryl/α,β-unsaturated/α-hetero) is 1. The van der Waals surface area contributed by atoms with Crippen molar-refractivity contribution in [2.24, 2.45) is 5.73 Å². The quantitative estimate of drug-likeness (QED) is 0.364. The fourth-order valence-corrected chi connectivity index (χ4v) is 8.49. The summed E-state index contributed by atoms with van der Waals surface area (Å²) in [7, 11) is 2.06. The van der Waals surface area contributed by atoms with Crippen LogP contribution in [0.4, 0.5) is 5.00 Å². The molecule has 2 aromatic heterocycles. The van der Waals surface area contributed by atoms with Crippen LogP contribution in [0.1, 0.15) is 84.8 Å². The molecule has 41 heavy (non-hydrogen) atoms. The minimum atomic E-state index is -0.779. The monoisotopic (exact) mass is 571 g/mol. The minimum Gasteiger partial charge on any atom is -0.459 e. The van der Waals surface area contributed by atoms with Gasteiger partial charge in [0.05, 0.1) is 28.4 Å². The standard InChI is InChI=1S/C31H37N7O2S/c1-3-23(22-8-6-14-38(22)2)40-25-15-21(18-10-13-35-17-18)36-30(37-25)27(33)19-7-4-11-31(28(19)39)12-5-9-24-26(31)20(16-32)29(34)41-24/h1,15,18,22-23,35H,4-14,17,33-34H2,2H3/b27-19-/t18-,22-,23-,31-/m0/s1. The number of carbonyl (C=O) groups is 1. The number of ketones is 1. The lowest BCUT2D eigenvalue weighted by Gasteiger charge is -2.40. The number of terminal acetylenes is 1. The number of nitrogens with one attached hydrogen (secondary N) is 1. The van der Waals surface area contributed by atoms with E-state index in [0.717, 1.165) is 74.3 Å². The predicted molar refractivity (Wildman–Crippen MR) is 159 cm³/mol. The van der Waals surface area contributed by atoms with E-state index in [-0.39, 0.29) is 23.4 Å². The summed E-state index contributed by atoms with van der Waals surface area (Å²) in [5.74, 6) is 3.69. The fourth-order valence-electron chi connectivity index (χ4n) is 7.33. The van der Waals surface area contributed by atoms with Crippen molar-refractivity contribution in [3.63, 3.8) is 0 Å². The molecule has 214 valence electrons. The smallest absolute Gasteiger partial charge is 0.218 e. The van der Waals surface area contributed by atoms with Crippen LogP contribution in [0.15, 0.2) is 11.6 Å². The van der Waals surface area contributed by atoms with Gasteiger partial charge in [0.15, 0.2) is 17.7 Å². The summed E-state index contributed by atoms with van der Waals surface area (Å²) in [5, 5.41) is 13.8. The summed E-state index contributed by atoms with van der Waals surface area (Å²) in [4.78, 5) is 27.3. The van der Waals surface area contributed by atoms with Crippen LogP contribution in [-0.2, 0) is 16.6 Å². The van der Waals surface area contributed by atoms with Crippen molar-refractivity contribution in [3.8, 4) is 24.3 Å². The number of carbonyl (C=O) groups excluding carboxylic acids is 1. The molecule has 6 rings (SSSR count). The molecule has 0 bridgehead atoms. The lowest BCUT2D eigenvalue weighted by Crippen LogP contribution is -2.43. The number of aryl methyl sites for hydroxylation is 1. The van der Waals surface area contributed by atoms with Crippen LogP contribution < -0.4 is 21.5 Å². The molecule has 2 aliphatic heterocycles. The number of fused-ring (bicyclic) bond motifs is 2. The molecule has 5 N–H and O–H groups in total. The summed E-state index contributed by atoms with van der Waals surface area (Å²) in [5.41, 5.74) is 15.2. The first-order valence-corrected chi connectivity index (χ1v) is 15.5. The number of aromatic nitrogens is 2. The molecule has 0 aromatic carbocycles. The van der Waals surface area contributed by atoms with E-state index in [0.29, 0.717) is 47.1 Å². The second-order valence-corrected chi connectivity index (χ2v) is 12.9. The van der Waals surface area contributed by atoms with Gasteiger partial charge in [-0.2, -0.15) is 10.2 Å². The van der Waals surface area contributed by atoms with E-state index in [4.69, 9.17) is 32.6 Å². The number of thiophene rings is 1. The third-order valence-electron chi connectivity index (χ3n) is 9.45. The van der Waals surface area contributed by atoms with Crippen LogP contribution in [-0.4, -0.2) is 59.5 Å². The molecule has 0 amide bonds. The largest absolute Gasteiger partial charge is 0.459 e. The maximum atomic E-state index is 14.4. The zero-order chi connectivity index (χ0) is 28.7. The van der Waals surface area contributed by atoms with Crippen LogP contribution in [0.2, 0.25) is 0 Å². The van der Waals surface area contributed by atoms with Crippen molar-refractivity contribution in [1.82, 2.24) is 20.2 Å². The number of allylic oxidation sites excluding steroid dienone is 1. The normalized spacial score (nSPS) is 28.2. The Hall–Kier alpha value is -3.44. The zero-order valence-electron chi connectivity index (χ0n) is 23.5. The second-order valence-electron chi connectivity index (χ2n) is 11.8. The maximum absolute atomic E-state index is 14.4. The molecule has 9 nitrogen and oxygen atoms in total. The summed E-state index contributed by atoms with van der Waals surface area (Å²) in [6.07, 6.45) is 12.9. The van der Waals surface area contributed by atoms with Crippen molar-refractivity contribution >= 4 is 27.8 Å². The second kappa shape index (κ2) is 11.1. The molecular formula is C31H37N7O2S. The van der Waals surface area contributed by atoms with Gasteiger partial charge in [0.2, 0.25) is 5.88 Å². The van der Waals surface area contributed by atoms with Crippen LogP contribution in [0.5, 0.6) is 5.88 Å². The summed E-state index contributed by atoms with van der Waals surface area (Å²) >= 11 is 1.44. The van der Waals surface area contributed by atoms with Gasteiger partial charge in [0.1, 0.15) is 11.1 Å². The summed E-state index contributed by atoms with van der Waals surface area (Å²) in [6.45, 7) is 2.69. The third kappa shape index (κ3) is 4.78. The molecular weight excluding hydrogens is 534 g/mol. The number of nitriles is 1. The first-order chi connectivity index (χ1) is 19.9. The third-order valence-corrected chi connectivity index (χ3v) is 10.5. The van der Waals surface area contributed by atoms with E-state index < -0.39 is 11.5 Å². The number of ether oxygens (including phenoxy) is 1. The molecule has 4 heterocycles. The molecule has 2 aromatic rings. The van der Waals surface area contributed by atoms with Crippen molar-refractivity contribution in [1.29, 1.82) is 5.26 Å². The summed E-state index contributed by atoms with van der Waals surface area (Å²) in [6, 6.07) is 4.27. The van der Waals surface area contributed by atoms with E-state index in [9.17, 15) is 10.1 Å². The number of nitrogens with zero attached hydrogens (tertiary/aromatic N) is 4. The van der Waals surface area contributed by atoms with Gasteiger partial charge in [-0.05, 0) is 83.5 Å². The highest BCUT2D eigenvalue weighted by atomic mass is 32.1. The van der Waals surface area contributed by atoms with Gasteiger partial charge < -0.3 is 21.5 Å². The molecule has 4 aliphatic rings. The average molecular weight is 572 g/mol. The molecule has 2 saturated heterocycles. The fraction of sp³-hybridized carbons (Fsp3) is 0.548. The SMILES string of the molecule is C#C[C@H](Oc1cc([C@H]2CCNC2)nc(/C(N)=C2\CCC[C@@]3(CCCc4sc(N)c(C#N)c43)C2=O)n1)[C@@H]1CCCN1C. The number of anilines is 1. The van der Waals surface area contributed by atoms with Gasteiger partial charge >= 0.3 is 0 Å². The lowest BCUT2D eigenvalue weighted by molar-refractivity contribution is -0.122. The van der Waals surface area contributed by atoms with E-state index in [1.54, 1.807) is 0 Å². The topological polar surface area (TPSA) is 143 Å². The van der Waals surface area contributed by atoms with E-state index in [1.807, 2.05) is 6.07 Å². The number of hydrogen-bond acceptors (Lipinski definition) is 10. The number of nitrogens with two attached hydrogens (primary N) is 2. The van der Waals surface area contributed by atoms with Gasteiger partial charge in [-0.3, -0.25) is 9.69 Å². The average Bonchev–Trinajstić information content (AvgIpc) is 3.73. The highest BCUT2D eigenvalue weighted by Gasteiger charge is 2.49. The Morgan fingerprint density at radius 1 is 1.29 bits per heavy atom. The van der Waals surface area contributed by atoms with Gasteiger partial charge in [-0.1, -0.05) is 5.92 Å². The Bertz CT molecular complexity index is 1480. The molecule has 3 fully saturated rings. The van der Waals surface area contributed by atoms with Crippen LogP contribution in [0.25, 0.3) is 5.70 Å². The van der Waals surface area contributed by atoms with Crippen molar-refractivity contribution in [2.75, 3.05) is 32.4 Å². The Labute approximate surface area is 245 Å². The zero-order valence-corrected chi connectivity index (χ0v) is 24.4. The van der Waals surface area contributed by atoms with Crippen molar-refractivity contribution in [3.05, 3.63) is 39.2 Å². The Kier molecular flexibility index (Phi) is 7.50. The van der Waals surface area contributed by atoms with E-state index in [2.05, 4.69) is 29.3 Å². The van der Waals surface area contributed by atoms with Gasteiger partial charge in [-0.25, -0.2) is 4.98 Å². The lowest BCUT2D eigenvalue weighted by atomic mass is 9.61. The number of hydrogen-bond donors (Lipinski definition) is 3. The highest BCUT2D eigenvalue weighted by molar-refractivity contribution is 7.16. The van der Waals surface area contributed by atoms with Crippen LogP contribution >= 0.6 is 11.3 Å². The Balaban J connectivity index is 1.41. The molecule has 4 atom stereocenters. The van der Waals surface area contributed by atoms with Gasteiger partial charge in [0, 0.05) is 29.0 Å². The molecule has 10 heteroatoms. The molecule has 0 unspecified atom stereocenters. The van der Waals surface area contributed by atoms with E-state index in [1.165, 1.54) is 11.3 Å². The first-order valence-electron chi connectivity index (χ1n) is 14.6. The first kappa shape index (κ1) is 27.7. The summed E-state index contributed by atoms with van der Waals surface area (Å²) < 4.78 is 6.35. The number of likely N-dealkylation sites (N-methyl/N-ethyl adjacent to an activating group) is 1. The molecule has 1 spiro atoms. The van der Waals surface area contributed by atoms with E-state index >= 15 is 0 Å². The predicted octanol–water partition coefficient (Wildman–Crippen LogP) is 3.24. The van der Waals surface area contributed by atoms with Crippen molar-refractivity contribution in [2.45, 2.75) is 81.3 Å². The van der Waals surface area contributed by atoms with Gasteiger partial charge in [0.25, 0.3) is 0 Å². The number of nitrogen functional groups attached to an aromatic ring is 1. The molecule has 1 saturated carbocycles. The Morgan fingerprint density at radius 3 is 2.78 bits per heavy atom. The van der Waals surface area contributed by atoms with Gasteiger partial charge in [-0.15, -0.1) is 17.8 Å². The number of likely N-dealkylation sites (tertiary alicyclic amines) is 1. The van der Waals surface area contributed by atoms with Crippen LogP contribution in [0, 0.1) is 23.7 Å². The number of rotatable bonds is 5. The maximum Gasteiger partial charge on any atom is 0.218 e. The highest BCUT2D eigenvalue weighted by Crippen LogP contribution is 2.52. The van der Waals surface area contributed by atoms with Crippen molar-refractivity contribution < 1.29 is 9.53 Å². The Morgan fingerprint density at radius 2 is 2.10 bits per heavy atom. The van der Waals surface area contributed by atoms with Crippen LogP contribution in [0.3, 0.4) is 0 Å².